The van der Waals surface area contributed by atoms with Crippen molar-refractivity contribution in [3.05, 3.63) is 54.1 Å². The normalized spacial score (nSPS) is 11.3. The fourth-order valence-electron chi connectivity index (χ4n) is 2.13. The van der Waals surface area contributed by atoms with Gasteiger partial charge in [0.05, 0.1) is 10.6 Å². The Labute approximate surface area is 160 Å². The number of nitrogens with one attached hydrogen (secondary N) is 1. The van der Waals surface area contributed by atoms with Crippen molar-refractivity contribution in [1.29, 1.82) is 0 Å². The van der Waals surface area contributed by atoms with Crippen molar-refractivity contribution in [2.45, 2.75) is 17.0 Å². The van der Waals surface area contributed by atoms with Gasteiger partial charge in [0.1, 0.15) is 0 Å². The third kappa shape index (κ3) is 5.16. The minimum absolute atomic E-state index is 0.00635. The molecule has 0 saturated carbocycles. The fraction of sp³-hybridized carbons (Fsp3) is 0.118. The van der Waals surface area contributed by atoms with Gasteiger partial charge in [-0.25, -0.2) is 13.6 Å². The average Bonchev–Trinajstić information content (AvgIpc) is 3.10. The van der Waals surface area contributed by atoms with Crippen LogP contribution in [0.1, 0.15) is 5.56 Å². The minimum atomic E-state index is -3.76. The van der Waals surface area contributed by atoms with E-state index in [2.05, 4.69) is 15.5 Å². The van der Waals surface area contributed by atoms with Crippen molar-refractivity contribution in [2.75, 3.05) is 11.1 Å². The van der Waals surface area contributed by atoms with Crippen molar-refractivity contribution in [3.63, 3.8) is 0 Å². The molecule has 10 heteroatoms. The lowest BCUT2D eigenvalue weighted by molar-refractivity contribution is -0.113. The zero-order valence-electron chi connectivity index (χ0n) is 14.2. The molecule has 0 spiro atoms. The van der Waals surface area contributed by atoms with Crippen LogP contribution < -0.4 is 10.5 Å². The van der Waals surface area contributed by atoms with E-state index in [0.717, 1.165) is 17.3 Å². The van der Waals surface area contributed by atoms with Gasteiger partial charge in [-0.05, 0) is 43.3 Å². The summed E-state index contributed by atoms with van der Waals surface area (Å²) in [4.78, 5) is 12.0. The standard InChI is InChI=1S/C17H16N4O4S2/c1-11-2-6-13(7-3-11)19-15(22)10-26-17-21-20-16(25-17)12-4-8-14(9-5-12)27(18,23)24/h2-9H,10H2,1H3,(H,19,22)(H2,18,23,24). The Kier molecular flexibility index (Phi) is 5.59. The summed E-state index contributed by atoms with van der Waals surface area (Å²) in [5.74, 6) is 0.137. The molecule has 0 saturated heterocycles. The second kappa shape index (κ2) is 7.91. The number of nitrogens with zero attached hydrogens (tertiary/aromatic N) is 2. The molecule has 1 heterocycles. The Bertz CT molecular complexity index is 1050. The molecule has 0 bridgehead atoms. The second-order valence-electron chi connectivity index (χ2n) is 5.65. The Morgan fingerprint density at radius 2 is 1.78 bits per heavy atom. The Hall–Kier alpha value is -2.69. The number of carbonyl (C=O) groups excluding carboxylic acids is 1. The van der Waals surface area contributed by atoms with E-state index in [1.807, 2.05) is 31.2 Å². The van der Waals surface area contributed by atoms with Crippen LogP contribution >= 0.6 is 11.8 Å². The highest BCUT2D eigenvalue weighted by molar-refractivity contribution is 7.99. The first-order chi connectivity index (χ1) is 12.8. The summed E-state index contributed by atoms with van der Waals surface area (Å²) in [6.45, 7) is 1.97. The summed E-state index contributed by atoms with van der Waals surface area (Å²) in [5, 5.41) is 15.9. The lowest BCUT2D eigenvalue weighted by Gasteiger charge is -2.04. The van der Waals surface area contributed by atoms with Crippen LogP contribution in [0, 0.1) is 6.92 Å². The maximum atomic E-state index is 12.0. The van der Waals surface area contributed by atoms with Crippen molar-refractivity contribution < 1.29 is 17.6 Å². The van der Waals surface area contributed by atoms with E-state index in [-0.39, 0.29) is 27.7 Å². The minimum Gasteiger partial charge on any atom is -0.411 e. The topological polar surface area (TPSA) is 128 Å². The molecule has 1 aromatic heterocycles. The summed E-state index contributed by atoms with van der Waals surface area (Å²) in [5.41, 5.74) is 2.37. The number of primary sulfonamides is 1. The molecule has 0 aliphatic rings. The van der Waals surface area contributed by atoms with Gasteiger partial charge >= 0.3 is 0 Å². The molecule has 0 aliphatic carbocycles. The van der Waals surface area contributed by atoms with Gasteiger partial charge in [0.15, 0.2) is 0 Å². The maximum Gasteiger partial charge on any atom is 0.277 e. The van der Waals surface area contributed by atoms with Gasteiger partial charge in [0, 0.05) is 11.3 Å². The zero-order chi connectivity index (χ0) is 19.4. The smallest absolute Gasteiger partial charge is 0.277 e. The molecule has 3 N–H and O–H groups in total. The van der Waals surface area contributed by atoms with Gasteiger partial charge in [-0.1, -0.05) is 29.5 Å². The van der Waals surface area contributed by atoms with Gasteiger partial charge in [-0.15, -0.1) is 10.2 Å². The van der Waals surface area contributed by atoms with Crippen LogP contribution in [0.5, 0.6) is 0 Å². The lowest BCUT2D eigenvalue weighted by Crippen LogP contribution is -2.13. The van der Waals surface area contributed by atoms with Crippen LogP contribution in [0.25, 0.3) is 11.5 Å². The maximum absolute atomic E-state index is 12.0. The number of aromatic nitrogens is 2. The fourth-order valence-corrected chi connectivity index (χ4v) is 3.21. The molecule has 3 rings (SSSR count). The SMILES string of the molecule is Cc1ccc(NC(=O)CSc2nnc(-c3ccc(S(N)(=O)=O)cc3)o2)cc1. The van der Waals surface area contributed by atoms with Crippen LogP contribution in [0.3, 0.4) is 0 Å². The molecule has 27 heavy (non-hydrogen) atoms. The number of rotatable bonds is 6. The Morgan fingerprint density at radius 3 is 2.41 bits per heavy atom. The number of hydrogen-bond donors (Lipinski definition) is 2. The number of benzene rings is 2. The first kappa shape index (κ1) is 19.1. The van der Waals surface area contributed by atoms with Gasteiger partial charge in [-0.3, -0.25) is 4.79 Å². The molecule has 0 fully saturated rings. The highest BCUT2D eigenvalue weighted by atomic mass is 32.2. The molecule has 0 atom stereocenters. The van der Waals surface area contributed by atoms with Crippen molar-refractivity contribution >= 4 is 33.4 Å². The largest absolute Gasteiger partial charge is 0.411 e. The van der Waals surface area contributed by atoms with Crippen LogP contribution in [0.15, 0.2) is 63.1 Å². The van der Waals surface area contributed by atoms with Gasteiger partial charge in [0.2, 0.25) is 21.8 Å². The van der Waals surface area contributed by atoms with E-state index >= 15 is 0 Å². The highest BCUT2D eigenvalue weighted by Crippen LogP contribution is 2.24. The summed E-state index contributed by atoms with van der Waals surface area (Å²) in [6.07, 6.45) is 0. The third-order valence-electron chi connectivity index (χ3n) is 3.50. The average molecular weight is 404 g/mol. The molecule has 2 aromatic carbocycles. The van der Waals surface area contributed by atoms with Crippen LogP contribution in [-0.2, 0) is 14.8 Å². The number of amides is 1. The Balaban J connectivity index is 1.59. The van der Waals surface area contributed by atoms with Crippen molar-refractivity contribution in [2.24, 2.45) is 5.14 Å². The molecule has 0 unspecified atom stereocenters. The number of carbonyl (C=O) groups is 1. The summed E-state index contributed by atoms with van der Waals surface area (Å²) in [7, 11) is -3.76. The lowest BCUT2D eigenvalue weighted by atomic mass is 10.2. The van der Waals surface area contributed by atoms with Crippen LogP contribution in [0.4, 0.5) is 5.69 Å². The summed E-state index contributed by atoms with van der Waals surface area (Å²) in [6, 6.07) is 13.2. The number of anilines is 1. The van der Waals surface area contributed by atoms with E-state index < -0.39 is 10.0 Å². The van der Waals surface area contributed by atoms with Gasteiger partial charge in [0.25, 0.3) is 5.22 Å². The number of nitrogens with two attached hydrogens (primary N) is 1. The summed E-state index contributed by atoms with van der Waals surface area (Å²) < 4.78 is 28.0. The van der Waals surface area contributed by atoms with Crippen molar-refractivity contribution in [1.82, 2.24) is 10.2 Å². The first-order valence-electron chi connectivity index (χ1n) is 7.77. The molecule has 3 aromatic rings. The zero-order valence-corrected chi connectivity index (χ0v) is 15.9. The second-order valence-corrected chi connectivity index (χ2v) is 8.13. The molecule has 1 amide bonds. The predicted octanol–water partition coefficient (Wildman–Crippen LogP) is 2.42. The van der Waals surface area contributed by atoms with Crippen LogP contribution in [0.2, 0.25) is 0 Å². The quantitative estimate of drug-likeness (QED) is 0.604. The van der Waals surface area contributed by atoms with E-state index in [1.54, 1.807) is 0 Å². The molecule has 0 radical (unpaired) electrons. The van der Waals surface area contributed by atoms with E-state index in [9.17, 15) is 13.2 Å². The Morgan fingerprint density at radius 1 is 1.11 bits per heavy atom. The molecule has 8 nitrogen and oxygen atoms in total. The number of thioether (sulfide) groups is 1. The summed E-state index contributed by atoms with van der Waals surface area (Å²) >= 11 is 1.11. The van der Waals surface area contributed by atoms with Gasteiger partial charge in [-0.2, -0.15) is 0 Å². The van der Waals surface area contributed by atoms with Crippen molar-refractivity contribution in [3.8, 4) is 11.5 Å². The molecule has 140 valence electrons. The van der Waals surface area contributed by atoms with Gasteiger partial charge < -0.3 is 9.73 Å². The van der Waals surface area contributed by atoms with E-state index in [0.29, 0.717) is 11.3 Å². The number of aryl methyl sites for hydroxylation is 1. The molecular formula is C17H16N4O4S2. The number of hydrogen-bond acceptors (Lipinski definition) is 7. The molecular weight excluding hydrogens is 388 g/mol. The molecule has 0 aliphatic heterocycles. The third-order valence-corrected chi connectivity index (χ3v) is 5.25. The van der Waals surface area contributed by atoms with E-state index in [1.165, 1.54) is 24.3 Å². The van der Waals surface area contributed by atoms with Crippen LogP contribution in [-0.4, -0.2) is 30.3 Å². The van der Waals surface area contributed by atoms with E-state index in [4.69, 9.17) is 9.56 Å². The highest BCUT2D eigenvalue weighted by Gasteiger charge is 2.13. The number of sulfonamides is 1. The predicted molar refractivity (Wildman–Crippen MR) is 102 cm³/mol. The first-order valence-corrected chi connectivity index (χ1v) is 10.3. The monoisotopic (exact) mass is 404 g/mol.